The molecule has 0 radical (unpaired) electrons. The zero-order valence-electron chi connectivity index (χ0n) is 18.5. The van der Waals surface area contributed by atoms with Crippen LogP contribution in [-0.4, -0.2) is 29.5 Å². The Morgan fingerprint density at radius 3 is 2.27 bits per heavy atom. The fourth-order valence-corrected chi connectivity index (χ4v) is 4.02. The van der Waals surface area contributed by atoms with Gasteiger partial charge in [-0.3, -0.25) is 14.4 Å². The molecule has 2 amide bonds. The Morgan fingerprint density at radius 1 is 0.879 bits per heavy atom. The summed E-state index contributed by atoms with van der Waals surface area (Å²) >= 11 is 1.43. The number of thioether (sulfide) groups is 1. The molecule has 0 aliphatic heterocycles. The molecule has 0 heterocycles. The van der Waals surface area contributed by atoms with Crippen molar-refractivity contribution >= 4 is 40.7 Å². The van der Waals surface area contributed by atoms with Crippen LogP contribution < -0.4 is 15.4 Å². The second kappa shape index (κ2) is 11.9. The topological polar surface area (TPSA) is 84.5 Å². The standard InChI is InChI=1S/C26H26N2O4S/c1-3-24(26(31)28-20-14-12-19(13-15-20)18(2)29)33-23-11-7-8-21(16-23)27-25(30)17-32-22-9-5-4-6-10-22/h4-16,24H,3,17H2,1-2H3,(H,27,30)(H,28,31). The van der Waals surface area contributed by atoms with Gasteiger partial charge in [-0.2, -0.15) is 0 Å². The summed E-state index contributed by atoms with van der Waals surface area (Å²) < 4.78 is 5.47. The lowest BCUT2D eigenvalue weighted by molar-refractivity contribution is -0.118. The minimum absolute atomic E-state index is 0.0199. The number of ketones is 1. The summed E-state index contributed by atoms with van der Waals surface area (Å²) in [7, 11) is 0. The molecule has 0 aliphatic carbocycles. The van der Waals surface area contributed by atoms with Crippen LogP contribution in [0.5, 0.6) is 5.75 Å². The molecule has 2 N–H and O–H groups in total. The molecule has 0 fully saturated rings. The van der Waals surface area contributed by atoms with Crippen molar-refractivity contribution in [3.05, 3.63) is 84.4 Å². The quantitative estimate of drug-likeness (QED) is 0.311. The summed E-state index contributed by atoms with van der Waals surface area (Å²) in [4.78, 5) is 37.3. The number of ether oxygens (including phenoxy) is 1. The number of carbonyl (C=O) groups excluding carboxylic acids is 3. The van der Waals surface area contributed by atoms with Crippen LogP contribution in [0.2, 0.25) is 0 Å². The fraction of sp³-hybridized carbons (Fsp3) is 0.192. The van der Waals surface area contributed by atoms with E-state index >= 15 is 0 Å². The van der Waals surface area contributed by atoms with E-state index in [9.17, 15) is 14.4 Å². The van der Waals surface area contributed by atoms with Crippen LogP contribution >= 0.6 is 11.8 Å². The molecule has 170 valence electrons. The van der Waals surface area contributed by atoms with E-state index in [1.165, 1.54) is 18.7 Å². The number of para-hydroxylation sites is 1. The number of carbonyl (C=O) groups is 3. The van der Waals surface area contributed by atoms with Gasteiger partial charge in [0.05, 0.1) is 5.25 Å². The average molecular weight is 463 g/mol. The Kier molecular flexibility index (Phi) is 8.66. The molecule has 3 aromatic rings. The third kappa shape index (κ3) is 7.50. The largest absolute Gasteiger partial charge is 0.484 e. The average Bonchev–Trinajstić information content (AvgIpc) is 2.82. The molecule has 6 nitrogen and oxygen atoms in total. The third-order valence-electron chi connectivity index (χ3n) is 4.73. The fourth-order valence-electron chi connectivity index (χ4n) is 3.01. The zero-order chi connectivity index (χ0) is 23.6. The molecule has 0 spiro atoms. The first kappa shape index (κ1) is 24.1. The number of amides is 2. The van der Waals surface area contributed by atoms with E-state index in [1.807, 2.05) is 43.3 Å². The van der Waals surface area contributed by atoms with Crippen molar-refractivity contribution < 1.29 is 19.1 Å². The van der Waals surface area contributed by atoms with Gasteiger partial charge in [-0.15, -0.1) is 11.8 Å². The van der Waals surface area contributed by atoms with E-state index in [-0.39, 0.29) is 29.5 Å². The molecule has 7 heteroatoms. The Balaban J connectivity index is 1.56. The second-order valence-electron chi connectivity index (χ2n) is 7.32. The van der Waals surface area contributed by atoms with Crippen LogP contribution in [0.3, 0.4) is 0 Å². The SMILES string of the molecule is CCC(Sc1cccc(NC(=O)COc2ccccc2)c1)C(=O)Nc1ccc(C(C)=O)cc1. The van der Waals surface area contributed by atoms with Gasteiger partial charge >= 0.3 is 0 Å². The summed E-state index contributed by atoms with van der Waals surface area (Å²) in [6.07, 6.45) is 0.629. The van der Waals surface area contributed by atoms with Crippen molar-refractivity contribution in [2.24, 2.45) is 0 Å². The van der Waals surface area contributed by atoms with Gasteiger partial charge < -0.3 is 15.4 Å². The van der Waals surface area contributed by atoms with Crippen LogP contribution in [0.4, 0.5) is 11.4 Å². The molecule has 1 atom stereocenters. The van der Waals surface area contributed by atoms with Crippen LogP contribution in [0.1, 0.15) is 30.6 Å². The second-order valence-corrected chi connectivity index (χ2v) is 8.59. The van der Waals surface area contributed by atoms with Crippen molar-refractivity contribution in [1.29, 1.82) is 0 Å². The minimum Gasteiger partial charge on any atom is -0.484 e. The smallest absolute Gasteiger partial charge is 0.262 e. The Morgan fingerprint density at radius 2 is 1.61 bits per heavy atom. The molecular weight excluding hydrogens is 436 g/mol. The minimum atomic E-state index is -0.315. The summed E-state index contributed by atoms with van der Waals surface area (Å²) in [5, 5.41) is 5.41. The van der Waals surface area contributed by atoms with Crippen molar-refractivity contribution in [3.63, 3.8) is 0 Å². The lowest BCUT2D eigenvalue weighted by atomic mass is 10.1. The van der Waals surface area contributed by atoms with Gasteiger partial charge in [0.25, 0.3) is 5.91 Å². The Bertz CT molecular complexity index is 1100. The number of benzene rings is 3. The molecule has 0 saturated carbocycles. The van der Waals surface area contributed by atoms with Gasteiger partial charge in [-0.25, -0.2) is 0 Å². The Hall–Kier alpha value is -3.58. The normalized spacial score (nSPS) is 11.3. The van der Waals surface area contributed by atoms with Gasteiger partial charge in [0.15, 0.2) is 12.4 Å². The number of anilines is 2. The van der Waals surface area contributed by atoms with Gasteiger partial charge in [0.1, 0.15) is 5.75 Å². The highest BCUT2D eigenvalue weighted by Crippen LogP contribution is 2.28. The molecule has 33 heavy (non-hydrogen) atoms. The summed E-state index contributed by atoms with van der Waals surface area (Å²) in [6.45, 7) is 3.36. The Labute approximate surface area is 197 Å². The van der Waals surface area contributed by atoms with Crippen LogP contribution in [0.25, 0.3) is 0 Å². The summed E-state index contributed by atoms with van der Waals surface area (Å²) in [5.74, 6) is 0.224. The van der Waals surface area contributed by atoms with Crippen molar-refractivity contribution in [3.8, 4) is 5.75 Å². The highest BCUT2D eigenvalue weighted by Gasteiger charge is 2.18. The van der Waals surface area contributed by atoms with E-state index in [0.717, 1.165) is 4.90 Å². The van der Waals surface area contributed by atoms with Crippen LogP contribution in [-0.2, 0) is 9.59 Å². The predicted molar refractivity (Wildman–Crippen MR) is 132 cm³/mol. The molecule has 3 rings (SSSR count). The molecule has 0 saturated heterocycles. The molecule has 3 aromatic carbocycles. The van der Waals surface area contributed by atoms with Crippen LogP contribution in [0.15, 0.2) is 83.8 Å². The first-order valence-electron chi connectivity index (χ1n) is 10.6. The molecular formula is C26H26N2O4S. The first-order chi connectivity index (χ1) is 15.9. The monoisotopic (exact) mass is 462 g/mol. The van der Waals surface area contributed by atoms with E-state index in [1.54, 1.807) is 42.5 Å². The highest BCUT2D eigenvalue weighted by atomic mass is 32.2. The van der Waals surface area contributed by atoms with Crippen molar-refractivity contribution in [2.45, 2.75) is 30.4 Å². The van der Waals surface area contributed by atoms with Gasteiger partial charge in [0.2, 0.25) is 5.91 Å². The van der Waals surface area contributed by atoms with E-state index in [4.69, 9.17) is 4.74 Å². The molecule has 1 unspecified atom stereocenters. The van der Waals surface area contributed by atoms with Crippen molar-refractivity contribution in [1.82, 2.24) is 0 Å². The third-order valence-corrected chi connectivity index (χ3v) is 6.09. The molecule has 0 aliphatic rings. The predicted octanol–water partition coefficient (Wildman–Crippen LogP) is 5.42. The number of hydrogen-bond acceptors (Lipinski definition) is 5. The number of hydrogen-bond donors (Lipinski definition) is 2. The summed E-state index contributed by atoms with van der Waals surface area (Å²) in [5.41, 5.74) is 1.88. The maximum atomic E-state index is 12.8. The van der Waals surface area contributed by atoms with Gasteiger partial charge in [0, 0.05) is 21.8 Å². The zero-order valence-corrected chi connectivity index (χ0v) is 19.4. The van der Waals surface area contributed by atoms with Gasteiger partial charge in [-0.05, 0) is 67.9 Å². The van der Waals surface area contributed by atoms with E-state index in [0.29, 0.717) is 29.1 Å². The van der Waals surface area contributed by atoms with E-state index in [2.05, 4.69) is 10.6 Å². The van der Waals surface area contributed by atoms with E-state index < -0.39 is 0 Å². The van der Waals surface area contributed by atoms with Crippen LogP contribution in [0, 0.1) is 0 Å². The maximum Gasteiger partial charge on any atom is 0.262 e. The maximum absolute atomic E-state index is 12.8. The highest BCUT2D eigenvalue weighted by molar-refractivity contribution is 8.00. The summed E-state index contributed by atoms with van der Waals surface area (Å²) in [6, 6.07) is 23.3. The first-order valence-corrected chi connectivity index (χ1v) is 11.5. The molecule has 0 bridgehead atoms. The number of Topliss-reactive ketones (excluding diaryl/α,β-unsaturated/α-hetero) is 1. The molecule has 0 aromatic heterocycles. The lowest BCUT2D eigenvalue weighted by Crippen LogP contribution is -2.24. The number of nitrogens with one attached hydrogen (secondary N) is 2. The lowest BCUT2D eigenvalue weighted by Gasteiger charge is -2.16. The van der Waals surface area contributed by atoms with Gasteiger partial charge in [-0.1, -0.05) is 31.2 Å². The number of rotatable bonds is 10. The van der Waals surface area contributed by atoms with Crippen molar-refractivity contribution in [2.75, 3.05) is 17.2 Å².